The van der Waals surface area contributed by atoms with Gasteiger partial charge in [0.15, 0.2) is 11.2 Å². The third kappa shape index (κ3) is 27.3. The van der Waals surface area contributed by atoms with Crippen LogP contribution in [0.15, 0.2) is 35.3 Å². The number of aromatic nitrogens is 4. The van der Waals surface area contributed by atoms with Gasteiger partial charge in [-0.25, -0.2) is 14.8 Å². The molecule has 70 heavy (non-hydrogen) atoms. The second-order valence-corrected chi connectivity index (χ2v) is 16.1. The van der Waals surface area contributed by atoms with Crippen LogP contribution in [-0.4, -0.2) is 159 Å². The first-order valence-electron chi connectivity index (χ1n) is 23.8. The maximum Gasteiger partial charge on any atom is 0.326 e. The number of nitrogens with zero attached hydrogens (tertiary/aromatic N) is 3. The van der Waals surface area contributed by atoms with Crippen molar-refractivity contribution in [3.8, 4) is 0 Å². The molecular weight excluding hydrogens is 915 g/mol. The minimum atomic E-state index is -1.28. The Bertz CT molecular complexity index is 2090. The van der Waals surface area contributed by atoms with Crippen molar-refractivity contribution in [2.24, 2.45) is 0 Å². The summed E-state index contributed by atoms with van der Waals surface area (Å²) in [6.45, 7) is 8.06. The summed E-state index contributed by atoms with van der Waals surface area (Å²) in [4.78, 5) is 98.9. The second kappa shape index (κ2) is 36.0. The van der Waals surface area contributed by atoms with E-state index in [1.54, 1.807) is 19.1 Å². The number of carbonyl (C=O) groups is 6. The number of aliphatic carboxylic acids is 1. The minimum Gasteiger partial charge on any atom is -0.480 e. The molecule has 23 heteroatoms. The molecule has 0 spiro atoms. The maximum atomic E-state index is 12.8. The van der Waals surface area contributed by atoms with E-state index >= 15 is 0 Å². The molecule has 0 aliphatic heterocycles. The van der Waals surface area contributed by atoms with Gasteiger partial charge in [-0.05, 0) is 76.1 Å². The fourth-order valence-electron chi connectivity index (χ4n) is 6.31. The Hall–Kier alpha value is -5.98. The fraction of sp³-hybridized carbons (Fsp3) is 0.617. The number of nitrogens with two attached hydrogens (primary N) is 1. The zero-order valence-electron chi connectivity index (χ0n) is 40.2. The van der Waals surface area contributed by atoms with E-state index in [2.05, 4.69) is 41.2 Å². The number of hydrogen-bond donors (Lipinski definition) is 7. The van der Waals surface area contributed by atoms with Crippen molar-refractivity contribution < 1.29 is 62.3 Å². The second-order valence-electron chi connectivity index (χ2n) is 16.1. The van der Waals surface area contributed by atoms with Crippen molar-refractivity contribution in [3.05, 3.63) is 52.1 Å². The highest BCUT2D eigenvalue weighted by atomic mass is 16.5. The zero-order valence-corrected chi connectivity index (χ0v) is 40.2. The molecule has 0 fully saturated rings. The number of ether oxygens (including phenoxy) is 6. The van der Waals surface area contributed by atoms with E-state index < -0.39 is 23.5 Å². The lowest BCUT2D eigenvalue weighted by Gasteiger charge is -2.15. The number of amides is 3. The number of benzene rings is 1. The maximum absolute atomic E-state index is 12.8. The third-order valence-electron chi connectivity index (χ3n) is 10.1. The summed E-state index contributed by atoms with van der Waals surface area (Å²) in [7, 11) is 0. The lowest BCUT2D eigenvalue weighted by molar-refractivity contribution is -0.139. The van der Waals surface area contributed by atoms with E-state index in [0.29, 0.717) is 136 Å². The van der Waals surface area contributed by atoms with Crippen LogP contribution in [0.3, 0.4) is 0 Å². The number of carbonyl (C=O) groups excluding carboxylic acids is 5. The molecule has 0 aliphatic rings. The van der Waals surface area contributed by atoms with Gasteiger partial charge in [-0.15, -0.1) is 0 Å². The smallest absolute Gasteiger partial charge is 0.326 e. The topological polar surface area (TPSA) is 324 Å². The van der Waals surface area contributed by atoms with Gasteiger partial charge in [0.25, 0.3) is 11.5 Å². The van der Waals surface area contributed by atoms with Crippen LogP contribution >= 0.6 is 0 Å². The van der Waals surface area contributed by atoms with Crippen LogP contribution in [0.25, 0.3) is 11.2 Å². The minimum absolute atomic E-state index is 0.0458. The standard InChI is InChI=1S/C47H71N9O14/c1-34(57)8-2-4-20-65-24-28-69-30-26-67-22-6-18-49-40(59)16-14-38(58)9-3-5-21-66-25-29-70-31-27-68-23-7-19-50-41(60)17-15-39(46(63)64)54-44(61)35-10-12-36(13-11-35)51-32-37-33-52-43-42(53-37)45(62)56-47(48)55-43/h10-13,33,39,51H,2-9,14-32H2,1H3,(H,49,59)(H,50,60)(H,54,61)(H,63,64)(H3,48,52,55,56,62)/t39-/m0/s1. The molecule has 388 valence electrons. The van der Waals surface area contributed by atoms with Crippen molar-refractivity contribution in [2.45, 2.75) is 96.6 Å². The quantitative estimate of drug-likeness (QED) is 0.0400. The monoisotopic (exact) mass is 986 g/mol. The summed E-state index contributed by atoms with van der Waals surface area (Å²) in [6.07, 6.45) is 6.92. The number of carboxylic acid groups (broad SMARTS) is 1. The Morgan fingerprint density at radius 2 is 1.19 bits per heavy atom. The fourth-order valence-corrected chi connectivity index (χ4v) is 6.31. The highest BCUT2D eigenvalue weighted by molar-refractivity contribution is 5.97. The summed E-state index contributed by atoms with van der Waals surface area (Å²) in [5.74, 6) is -2.20. The van der Waals surface area contributed by atoms with Gasteiger partial charge in [0.2, 0.25) is 17.8 Å². The number of Topliss-reactive ketones (excluding diaryl/α,β-unsaturated/α-hetero) is 2. The number of rotatable bonds is 42. The van der Waals surface area contributed by atoms with Crippen molar-refractivity contribution in [1.29, 1.82) is 0 Å². The van der Waals surface area contributed by atoms with Crippen molar-refractivity contribution in [1.82, 2.24) is 35.9 Å². The van der Waals surface area contributed by atoms with Crippen LogP contribution < -0.4 is 32.6 Å². The molecule has 8 N–H and O–H groups in total. The van der Waals surface area contributed by atoms with Crippen LogP contribution in [0.1, 0.15) is 100 Å². The molecule has 3 amide bonds. The largest absolute Gasteiger partial charge is 0.480 e. The molecular formula is C47H71N9O14. The normalized spacial score (nSPS) is 11.6. The van der Waals surface area contributed by atoms with Gasteiger partial charge in [-0.3, -0.25) is 29.0 Å². The molecule has 0 radical (unpaired) electrons. The summed E-state index contributed by atoms with van der Waals surface area (Å²) < 4.78 is 33.0. The summed E-state index contributed by atoms with van der Waals surface area (Å²) >= 11 is 0. The summed E-state index contributed by atoms with van der Waals surface area (Å²) in [6, 6.07) is 5.02. The van der Waals surface area contributed by atoms with Crippen molar-refractivity contribution in [2.75, 3.05) is 103 Å². The predicted molar refractivity (Wildman–Crippen MR) is 257 cm³/mol. The Morgan fingerprint density at radius 1 is 0.657 bits per heavy atom. The molecule has 1 atom stereocenters. The Morgan fingerprint density at radius 3 is 1.74 bits per heavy atom. The van der Waals surface area contributed by atoms with Crippen molar-refractivity contribution >= 4 is 58.1 Å². The number of unbranched alkanes of at least 4 members (excludes halogenated alkanes) is 2. The lowest BCUT2D eigenvalue weighted by Crippen LogP contribution is -2.41. The van der Waals surface area contributed by atoms with Crippen LogP contribution in [0.4, 0.5) is 11.6 Å². The SMILES string of the molecule is CC(=O)CCCCOCCOCCOCCCNC(=O)CCC(=O)CCCCOCCOCCOCCCNC(=O)CC[C@H](NC(=O)c1ccc(NCc2cnc3nc(N)[nH]c(=O)c3n2)cc1)C(=O)O. The number of ketones is 2. The molecule has 2 aromatic heterocycles. The number of fused-ring (bicyclic) bond motifs is 1. The molecule has 0 unspecified atom stereocenters. The van der Waals surface area contributed by atoms with Gasteiger partial charge in [0.05, 0.1) is 71.3 Å². The van der Waals surface area contributed by atoms with Gasteiger partial charge < -0.3 is 65.3 Å². The zero-order chi connectivity index (χ0) is 50.6. The van der Waals surface area contributed by atoms with E-state index in [0.717, 1.165) is 19.3 Å². The highest BCUT2D eigenvalue weighted by Gasteiger charge is 2.22. The van der Waals surface area contributed by atoms with Gasteiger partial charge in [-0.2, -0.15) is 4.98 Å². The number of H-pyrrole nitrogens is 1. The number of aromatic amines is 1. The lowest BCUT2D eigenvalue weighted by atomic mass is 10.1. The summed E-state index contributed by atoms with van der Waals surface area (Å²) in [5, 5.41) is 20.8. The Labute approximate surface area is 407 Å². The van der Waals surface area contributed by atoms with Gasteiger partial charge >= 0.3 is 5.97 Å². The van der Waals surface area contributed by atoms with Crippen LogP contribution in [0.5, 0.6) is 0 Å². The molecule has 1 aromatic carbocycles. The molecule has 0 saturated heterocycles. The average molecular weight is 986 g/mol. The highest BCUT2D eigenvalue weighted by Crippen LogP contribution is 2.13. The van der Waals surface area contributed by atoms with Crippen LogP contribution in [0, 0.1) is 0 Å². The van der Waals surface area contributed by atoms with E-state index in [4.69, 9.17) is 34.2 Å². The van der Waals surface area contributed by atoms with E-state index in [1.807, 2.05) is 0 Å². The average Bonchev–Trinajstić information content (AvgIpc) is 3.33. The van der Waals surface area contributed by atoms with Crippen molar-refractivity contribution in [3.63, 3.8) is 0 Å². The molecule has 0 aliphatic carbocycles. The molecule has 0 saturated carbocycles. The Kier molecular flexibility index (Phi) is 30.0. The first-order chi connectivity index (χ1) is 33.9. The predicted octanol–water partition coefficient (Wildman–Crippen LogP) is 2.26. The van der Waals surface area contributed by atoms with E-state index in [1.165, 1.54) is 18.3 Å². The first-order valence-corrected chi connectivity index (χ1v) is 23.8. The van der Waals surface area contributed by atoms with Gasteiger partial charge in [0.1, 0.15) is 17.6 Å². The van der Waals surface area contributed by atoms with Crippen LogP contribution in [0.2, 0.25) is 0 Å². The summed E-state index contributed by atoms with van der Waals surface area (Å²) in [5.41, 5.74) is 6.52. The number of nitrogen functional groups attached to an aromatic ring is 1. The number of carboxylic acids is 1. The number of nitrogens with one attached hydrogen (secondary N) is 5. The molecule has 23 nitrogen and oxygen atoms in total. The van der Waals surface area contributed by atoms with E-state index in [-0.39, 0.29) is 78.3 Å². The Balaban J connectivity index is 1.07. The molecule has 3 aromatic rings. The third-order valence-corrected chi connectivity index (χ3v) is 10.1. The van der Waals surface area contributed by atoms with E-state index in [9.17, 15) is 38.7 Å². The first kappa shape index (κ1) is 58.3. The molecule has 2 heterocycles. The van der Waals surface area contributed by atoms with Gasteiger partial charge in [-0.1, -0.05) is 0 Å². The number of anilines is 2. The number of hydrogen-bond acceptors (Lipinski definition) is 18. The molecule has 3 rings (SSSR count). The van der Waals surface area contributed by atoms with Gasteiger partial charge in [0, 0.05) is 82.9 Å². The molecule has 0 bridgehead atoms. The van der Waals surface area contributed by atoms with Crippen LogP contribution in [-0.2, 0) is 58.9 Å².